The van der Waals surface area contributed by atoms with Crippen LogP contribution < -0.4 is 10.1 Å². The lowest BCUT2D eigenvalue weighted by Gasteiger charge is -1.94. The van der Waals surface area contributed by atoms with Crippen LogP contribution in [-0.4, -0.2) is 0 Å². The third-order valence-corrected chi connectivity index (χ3v) is 1.61. The summed E-state index contributed by atoms with van der Waals surface area (Å²) >= 11 is 4.66. The van der Waals surface area contributed by atoms with E-state index in [1.807, 2.05) is 25.1 Å². The number of nitrogens with two attached hydrogens (primary N) is 1. The molecule has 2 nitrogen and oxygen atoms in total. The molecular weight excluding hydrogens is 144 g/mol. The van der Waals surface area contributed by atoms with E-state index in [0.717, 1.165) is 11.3 Å². The number of nitrogens with one attached hydrogen (secondary N) is 1. The quantitative estimate of drug-likeness (QED) is 0.558. The summed E-state index contributed by atoms with van der Waals surface area (Å²) in [5.41, 5.74) is 8.23. The van der Waals surface area contributed by atoms with E-state index in [4.69, 9.17) is 5.73 Å². The largest absolute Gasteiger partial charge is 0.393 e. The predicted molar refractivity (Wildman–Crippen MR) is 43.6 cm³/mol. The summed E-state index contributed by atoms with van der Waals surface area (Å²) in [6.45, 7) is 1.96. The van der Waals surface area contributed by atoms with Gasteiger partial charge >= 0.3 is 0 Å². The second-order valence-corrected chi connectivity index (χ2v) is 2.35. The summed E-state index contributed by atoms with van der Waals surface area (Å²) in [6, 6.07) is 5.69. The Kier molecular flexibility index (Phi) is 1.97. The molecule has 0 saturated carbocycles. The first-order valence-corrected chi connectivity index (χ1v) is 3.40. The fraction of sp³-hybridized carbons (Fsp3) is 0.143. The Bertz CT molecular complexity index is 238. The van der Waals surface area contributed by atoms with Crippen LogP contribution in [0.5, 0.6) is 0 Å². The molecule has 3 N–H and O–H groups in total. The standard InChI is InChI=1S/C7H8N2S/c1-5-3-2-4-6(8)7(5)9-10/h2-4H,8H2,1H3/p+1. The molecule has 1 rings (SSSR count). The number of anilines is 1. The van der Waals surface area contributed by atoms with Gasteiger partial charge in [-0.2, -0.15) is 0 Å². The van der Waals surface area contributed by atoms with Crippen molar-refractivity contribution in [1.29, 1.82) is 0 Å². The van der Waals surface area contributed by atoms with Crippen LogP contribution in [0.4, 0.5) is 11.4 Å². The molecule has 1 aromatic rings. The summed E-state index contributed by atoms with van der Waals surface area (Å²) < 4.78 is 2.62. The van der Waals surface area contributed by atoms with Gasteiger partial charge < -0.3 is 5.73 Å². The average molecular weight is 153 g/mol. The Morgan fingerprint density at radius 3 is 2.60 bits per heavy atom. The summed E-state index contributed by atoms with van der Waals surface area (Å²) in [6.07, 6.45) is 0. The molecule has 0 radical (unpaired) electrons. The van der Waals surface area contributed by atoms with E-state index < -0.39 is 0 Å². The lowest BCUT2D eigenvalue weighted by atomic mass is 10.2. The van der Waals surface area contributed by atoms with Gasteiger partial charge in [0.2, 0.25) is 5.69 Å². The van der Waals surface area contributed by atoms with Gasteiger partial charge in [0.1, 0.15) is 5.69 Å². The van der Waals surface area contributed by atoms with E-state index in [0.29, 0.717) is 5.69 Å². The van der Waals surface area contributed by atoms with Crippen molar-refractivity contribution in [2.75, 3.05) is 5.73 Å². The normalized spacial score (nSPS) is 9.30. The fourth-order valence-electron chi connectivity index (χ4n) is 0.830. The molecule has 1 aromatic carbocycles. The van der Waals surface area contributed by atoms with E-state index in [1.54, 1.807) is 0 Å². The zero-order valence-corrected chi connectivity index (χ0v) is 6.53. The van der Waals surface area contributed by atoms with Crippen LogP contribution in [0.15, 0.2) is 18.2 Å². The van der Waals surface area contributed by atoms with Gasteiger partial charge in [-0.1, -0.05) is 12.1 Å². The number of aryl methyl sites for hydroxylation is 1. The lowest BCUT2D eigenvalue weighted by Crippen LogP contribution is -2.57. The van der Waals surface area contributed by atoms with Crippen molar-refractivity contribution in [2.45, 2.75) is 6.92 Å². The highest BCUT2D eigenvalue weighted by atomic mass is 32.1. The molecule has 0 aliphatic heterocycles. The maximum atomic E-state index is 5.60. The van der Waals surface area contributed by atoms with E-state index in [-0.39, 0.29) is 0 Å². The van der Waals surface area contributed by atoms with Gasteiger partial charge in [-0.05, 0) is 13.0 Å². The van der Waals surface area contributed by atoms with Crippen LogP contribution in [0.2, 0.25) is 0 Å². The maximum Gasteiger partial charge on any atom is 0.268 e. The van der Waals surface area contributed by atoms with Crippen molar-refractivity contribution in [3.05, 3.63) is 23.8 Å². The Morgan fingerprint density at radius 1 is 1.50 bits per heavy atom. The number of hydrogen-bond donors (Lipinski definition) is 2. The van der Waals surface area contributed by atoms with E-state index >= 15 is 0 Å². The summed E-state index contributed by atoms with van der Waals surface area (Å²) in [4.78, 5) is 0. The maximum absolute atomic E-state index is 5.60. The number of nitrogen functional groups attached to an aromatic ring is 1. The highest BCUT2D eigenvalue weighted by Gasteiger charge is 2.04. The Labute approximate surface area is 65.2 Å². The van der Waals surface area contributed by atoms with Crippen molar-refractivity contribution in [2.24, 2.45) is 0 Å². The minimum absolute atomic E-state index is 0.704. The minimum Gasteiger partial charge on any atom is -0.393 e. The third kappa shape index (κ3) is 1.14. The van der Waals surface area contributed by atoms with Crippen LogP contribution in [0, 0.1) is 6.92 Å². The minimum atomic E-state index is 0.704. The Morgan fingerprint density at radius 2 is 2.20 bits per heavy atom. The Balaban J connectivity index is 3.30. The first-order valence-electron chi connectivity index (χ1n) is 2.99. The summed E-state index contributed by atoms with van der Waals surface area (Å²) in [5, 5.41) is 0. The van der Waals surface area contributed by atoms with E-state index in [9.17, 15) is 0 Å². The first kappa shape index (κ1) is 7.15. The molecule has 0 aromatic heterocycles. The van der Waals surface area contributed by atoms with Gasteiger partial charge in [0.05, 0.1) is 0 Å². The summed E-state index contributed by atoms with van der Waals surface area (Å²) in [5.74, 6) is 0. The smallest absolute Gasteiger partial charge is 0.268 e. The van der Waals surface area contributed by atoms with Gasteiger partial charge in [-0.3, -0.25) is 0 Å². The first-order chi connectivity index (χ1) is 4.75. The lowest BCUT2D eigenvalue weighted by molar-refractivity contribution is -0.315. The highest BCUT2D eigenvalue weighted by Crippen LogP contribution is 2.15. The molecule has 0 heterocycles. The third-order valence-electron chi connectivity index (χ3n) is 1.41. The Hall–Kier alpha value is -0.960. The molecule has 0 spiro atoms. The predicted octanol–water partition coefficient (Wildman–Crippen LogP) is 0.0198. The SMILES string of the molecule is Cc1cccc(N)c1[NH+]=S. The van der Waals surface area contributed by atoms with Gasteiger partial charge in [0.25, 0.3) is 12.4 Å². The average Bonchev–Trinajstić information content (AvgIpc) is 1.88. The van der Waals surface area contributed by atoms with Crippen molar-refractivity contribution < 1.29 is 4.36 Å². The van der Waals surface area contributed by atoms with Crippen LogP contribution in [-0.2, 0) is 12.4 Å². The second-order valence-electron chi connectivity index (χ2n) is 2.14. The van der Waals surface area contributed by atoms with Crippen LogP contribution in [0.1, 0.15) is 5.56 Å². The number of benzene rings is 1. The number of para-hydroxylation sites is 1. The van der Waals surface area contributed by atoms with Crippen LogP contribution in [0.25, 0.3) is 0 Å². The van der Waals surface area contributed by atoms with Gasteiger partial charge in [0.15, 0.2) is 0 Å². The molecule has 10 heavy (non-hydrogen) atoms. The van der Waals surface area contributed by atoms with Crippen molar-refractivity contribution in [1.82, 2.24) is 0 Å². The van der Waals surface area contributed by atoms with E-state index in [1.165, 1.54) is 0 Å². The molecular formula is C7H9N2S+. The monoisotopic (exact) mass is 153 g/mol. The van der Waals surface area contributed by atoms with Crippen molar-refractivity contribution in [3.63, 3.8) is 0 Å². The highest BCUT2D eigenvalue weighted by molar-refractivity contribution is 7.44. The molecule has 0 bridgehead atoms. The molecule has 0 unspecified atom stereocenters. The van der Waals surface area contributed by atoms with Crippen molar-refractivity contribution >= 4 is 23.8 Å². The molecule has 0 atom stereocenters. The molecule has 0 aliphatic carbocycles. The van der Waals surface area contributed by atoms with Gasteiger partial charge in [0, 0.05) is 5.56 Å². The molecule has 0 saturated heterocycles. The topological polar surface area (TPSA) is 40.0 Å². The summed E-state index contributed by atoms with van der Waals surface area (Å²) in [7, 11) is 0. The van der Waals surface area contributed by atoms with Crippen molar-refractivity contribution in [3.8, 4) is 0 Å². The molecule has 0 fully saturated rings. The number of hydrogen-bond acceptors (Lipinski definition) is 2. The number of rotatable bonds is 1. The molecule has 0 amide bonds. The van der Waals surface area contributed by atoms with Gasteiger partial charge in [-0.25, -0.2) is 0 Å². The fourth-order valence-corrected chi connectivity index (χ4v) is 1.11. The molecule has 0 aliphatic rings. The molecule has 3 heteroatoms. The zero-order valence-electron chi connectivity index (χ0n) is 5.72. The second kappa shape index (κ2) is 2.75. The van der Waals surface area contributed by atoms with Crippen LogP contribution >= 0.6 is 0 Å². The molecule has 52 valence electrons. The van der Waals surface area contributed by atoms with Crippen LogP contribution in [0.3, 0.4) is 0 Å². The van der Waals surface area contributed by atoms with Gasteiger partial charge in [-0.15, -0.1) is 4.36 Å². The zero-order chi connectivity index (χ0) is 7.56. The van der Waals surface area contributed by atoms with E-state index in [2.05, 4.69) is 16.8 Å².